The molecular formula is C21H22N2O2S. The number of fused-ring (bicyclic) bond motifs is 1. The summed E-state index contributed by atoms with van der Waals surface area (Å²) in [4.78, 5) is 27.7. The molecule has 0 aliphatic carbocycles. The number of rotatable bonds is 6. The molecule has 2 N–H and O–H groups in total. The van der Waals surface area contributed by atoms with E-state index in [-0.39, 0.29) is 11.3 Å². The van der Waals surface area contributed by atoms with Gasteiger partial charge in [-0.2, -0.15) is 0 Å². The van der Waals surface area contributed by atoms with E-state index in [9.17, 15) is 9.59 Å². The normalized spacial score (nSPS) is 10.8. The Morgan fingerprint density at radius 2 is 1.96 bits per heavy atom. The van der Waals surface area contributed by atoms with Crippen LogP contribution in [0.3, 0.4) is 0 Å². The van der Waals surface area contributed by atoms with Gasteiger partial charge in [0, 0.05) is 34.1 Å². The summed E-state index contributed by atoms with van der Waals surface area (Å²) in [6.45, 7) is 4.04. The van der Waals surface area contributed by atoms with Crippen molar-refractivity contribution in [3.05, 3.63) is 75.6 Å². The number of carbonyl (C=O) groups is 1. The van der Waals surface area contributed by atoms with Crippen LogP contribution in [-0.4, -0.2) is 16.6 Å². The van der Waals surface area contributed by atoms with Gasteiger partial charge in [0.2, 0.25) is 5.91 Å². The Bertz CT molecular complexity index is 995. The third-order valence-corrected chi connectivity index (χ3v) is 5.19. The Morgan fingerprint density at radius 3 is 2.77 bits per heavy atom. The predicted molar refractivity (Wildman–Crippen MR) is 110 cm³/mol. The van der Waals surface area contributed by atoms with E-state index in [2.05, 4.69) is 17.2 Å². The Kier molecular flexibility index (Phi) is 5.78. The van der Waals surface area contributed by atoms with Crippen molar-refractivity contribution < 1.29 is 4.79 Å². The summed E-state index contributed by atoms with van der Waals surface area (Å²) in [5, 5.41) is 3.66. The number of pyridine rings is 1. The standard InChI is InChI=1S/C21H22N2O2S/c1-3-15-6-4-5-7-18(15)23-21(25)13-26-12-16-11-20(24)17-10-14(2)8-9-19(17)22-16/h4-11H,3,12-13H2,1-2H3,(H,22,24)(H,23,25). The van der Waals surface area contributed by atoms with Gasteiger partial charge in [-0.1, -0.05) is 36.8 Å². The molecule has 1 aromatic heterocycles. The molecule has 0 saturated heterocycles. The smallest absolute Gasteiger partial charge is 0.234 e. The highest BCUT2D eigenvalue weighted by molar-refractivity contribution is 7.99. The van der Waals surface area contributed by atoms with Gasteiger partial charge in [-0.25, -0.2) is 0 Å². The number of thioether (sulfide) groups is 1. The first-order chi connectivity index (χ1) is 12.6. The zero-order chi connectivity index (χ0) is 18.5. The fourth-order valence-electron chi connectivity index (χ4n) is 2.88. The van der Waals surface area contributed by atoms with E-state index in [4.69, 9.17) is 0 Å². The van der Waals surface area contributed by atoms with Crippen molar-refractivity contribution in [2.75, 3.05) is 11.1 Å². The van der Waals surface area contributed by atoms with Crippen LogP contribution in [0.15, 0.2) is 53.3 Å². The monoisotopic (exact) mass is 366 g/mol. The second-order valence-electron chi connectivity index (χ2n) is 6.26. The van der Waals surface area contributed by atoms with Crippen molar-refractivity contribution in [2.45, 2.75) is 26.0 Å². The fraction of sp³-hybridized carbons (Fsp3) is 0.238. The Balaban J connectivity index is 1.61. The molecular weight excluding hydrogens is 344 g/mol. The van der Waals surface area contributed by atoms with Gasteiger partial charge in [0.15, 0.2) is 5.43 Å². The molecule has 0 fully saturated rings. The first kappa shape index (κ1) is 18.3. The van der Waals surface area contributed by atoms with Crippen molar-refractivity contribution in [3.8, 4) is 0 Å². The molecule has 0 spiro atoms. The van der Waals surface area contributed by atoms with Gasteiger partial charge in [-0.3, -0.25) is 9.59 Å². The maximum Gasteiger partial charge on any atom is 0.234 e. The molecule has 0 saturated carbocycles. The Hall–Kier alpha value is -2.53. The van der Waals surface area contributed by atoms with Gasteiger partial charge in [0.05, 0.1) is 5.75 Å². The highest BCUT2D eigenvalue weighted by Gasteiger charge is 2.07. The molecule has 0 atom stereocenters. The molecule has 1 heterocycles. The van der Waals surface area contributed by atoms with Gasteiger partial charge < -0.3 is 10.3 Å². The van der Waals surface area contributed by atoms with Gasteiger partial charge in [-0.15, -0.1) is 11.8 Å². The summed E-state index contributed by atoms with van der Waals surface area (Å²) < 4.78 is 0. The lowest BCUT2D eigenvalue weighted by atomic mass is 10.1. The van der Waals surface area contributed by atoms with Crippen molar-refractivity contribution >= 4 is 34.3 Å². The Morgan fingerprint density at radius 1 is 1.15 bits per heavy atom. The van der Waals surface area contributed by atoms with Crippen LogP contribution in [0.25, 0.3) is 10.9 Å². The largest absolute Gasteiger partial charge is 0.357 e. The van der Waals surface area contributed by atoms with Crippen LogP contribution >= 0.6 is 11.8 Å². The lowest BCUT2D eigenvalue weighted by molar-refractivity contribution is -0.113. The molecule has 3 rings (SSSR count). The molecule has 0 aliphatic rings. The molecule has 0 unspecified atom stereocenters. The summed E-state index contributed by atoms with van der Waals surface area (Å²) in [7, 11) is 0. The van der Waals surface area contributed by atoms with Gasteiger partial charge in [-0.05, 0) is 37.1 Å². The van der Waals surface area contributed by atoms with Crippen molar-refractivity contribution in [2.24, 2.45) is 0 Å². The summed E-state index contributed by atoms with van der Waals surface area (Å²) >= 11 is 1.49. The van der Waals surface area contributed by atoms with Gasteiger partial charge in [0.25, 0.3) is 0 Å². The van der Waals surface area contributed by atoms with E-state index in [0.29, 0.717) is 16.9 Å². The number of anilines is 1. The first-order valence-electron chi connectivity index (χ1n) is 8.65. The molecule has 0 aliphatic heterocycles. The minimum Gasteiger partial charge on any atom is -0.357 e. The summed E-state index contributed by atoms with van der Waals surface area (Å²) in [5.74, 6) is 0.892. The zero-order valence-corrected chi connectivity index (χ0v) is 15.8. The fourth-order valence-corrected chi connectivity index (χ4v) is 3.62. The molecule has 4 nitrogen and oxygen atoms in total. The van der Waals surface area contributed by atoms with Crippen LogP contribution < -0.4 is 10.7 Å². The second kappa shape index (κ2) is 8.23. The molecule has 134 valence electrons. The topological polar surface area (TPSA) is 62.0 Å². The number of amides is 1. The maximum absolute atomic E-state index is 12.3. The van der Waals surface area contributed by atoms with E-state index in [0.717, 1.165) is 34.4 Å². The van der Waals surface area contributed by atoms with Crippen LogP contribution in [0.1, 0.15) is 23.7 Å². The number of hydrogen-bond acceptors (Lipinski definition) is 3. The quantitative estimate of drug-likeness (QED) is 0.685. The second-order valence-corrected chi connectivity index (χ2v) is 7.25. The maximum atomic E-state index is 12.3. The molecule has 5 heteroatoms. The molecule has 26 heavy (non-hydrogen) atoms. The minimum absolute atomic E-state index is 0.0133. The number of carbonyl (C=O) groups excluding carboxylic acids is 1. The van der Waals surface area contributed by atoms with Crippen LogP contribution in [0.4, 0.5) is 5.69 Å². The van der Waals surface area contributed by atoms with Crippen LogP contribution in [-0.2, 0) is 17.0 Å². The lowest BCUT2D eigenvalue weighted by Crippen LogP contribution is -2.15. The number of aromatic amines is 1. The number of H-pyrrole nitrogens is 1. The summed E-state index contributed by atoms with van der Waals surface area (Å²) in [6.07, 6.45) is 0.876. The van der Waals surface area contributed by atoms with Gasteiger partial charge in [0.1, 0.15) is 0 Å². The van der Waals surface area contributed by atoms with Crippen molar-refractivity contribution in [1.82, 2.24) is 4.98 Å². The molecule has 0 radical (unpaired) electrons. The van der Waals surface area contributed by atoms with Crippen LogP contribution in [0.5, 0.6) is 0 Å². The average molecular weight is 366 g/mol. The zero-order valence-electron chi connectivity index (χ0n) is 15.0. The minimum atomic E-state index is -0.0327. The average Bonchev–Trinajstić information content (AvgIpc) is 2.63. The number of aromatic nitrogens is 1. The third-order valence-electron chi connectivity index (χ3n) is 4.20. The van der Waals surface area contributed by atoms with E-state index in [1.54, 1.807) is 6.07 Å². The predicted octanol–water partition coefficient (Wildman–Crippen LogP) is 4.27. The third kappa shape index (κ3) is 4.35. The van der Waals surface area contributed by atoms with Crippen molar-refractivity contribution in [3.63, 3.8) is 0 Å². The van der Waals surface area contributed by atoms with E-state index in [1.165, 1.54) is 11.8 Å². The Labute approximate surface area is 157 Å². The van der Waals surface area contributed by atoms with Crippen molar-refractivity contribution in [1.29, 1.82) is 0 Å². The molecule has 3 aromatic rings. The lowest BCUT2D eigenvalue weighted by Gasteiger charge is -2.09. The van der Waals surface area contributed by atoms with E-state index < -0.39 is 0 Å². The summed E-state index contributed by atoms with van der Waals surface area (Å²) in [5.41, 5.74) is 4.74. The molecule has 0 bridgehead atoms. The highest BCUT2D eigenvalue weighted by Crippen LogP contribution is 2.17. The molecule has 1 amide bonds. The van der Waals surface area contributed by atoms with Crippen LogP contribution in [0, 0.1) is 6.92 Å². The highest BCUT2D eigenvalue weighted by atomic mass is 32.2. The summed E-state index contributed by atoms with van der Waals surface area (Å²) in [6, 6.07) is 15.3. The van der Waals surface area contributed by atoms with E-state index in [1.807, 2.05) is 49.4 Å². The number of para-hydroxylation sites is 1. The number of nitrogens with one attached hydrogen (secondary N) is 2. The van der Waals surface area contributed by atoms with Crippen LogP contribution in [0.2, 0.25) is 0 Å². The van der Waals surface area contributed by atoms with Gasteiger partial charge >= 0.3 is 0 Å². The number of benzene rings is 2. The number of hydrogen-bond donors (Lipinski definition) is 2. The number of aryl methyl sites for hydroxylation is 2. The SMILES string of the molecule is CCc1ccccc1NC(=O)CSCc1cc(=O)c2cc(C)ccc2[nH]1. The molecule has 2 aromatic carbocycles. The van der Waals surface area contributed by atoms with E-state index >= 15 is 0 Å². The first-order valence-corrected chi connectivity index (χ1v) is 9.80.